The second kappa shape index (κ2) is 8.59. The molecule has 1 unspecified atom stereocenters. The Bertz CT molecular complexity index is 761. The first-order valence-electron chi connectivity index (χ1n) is 8.52. The number of halogens is 2. The van der Waals surface area contributed by atoms with Gasteiger partial charge in [-0.25, -0.2) is 0 Å². The van der Waals surface area contributed by atoms with Gasteiger partial charge in [0.1, 0.15) is 18.5 Å². The molecule has 0 fully saturated rings. The van der Waals surface area contributed by atoms with Crippen LogP contribution in [0.1, 0.15) is 37.3 Å². The number of nitrogens with zero attached hydrogens (tertiary/aromatic N) is 1. The molecule has 2 aromatic rings. The Morgan fingerprint density at radius 3 is 2.80 bits per heavy atom. The van der Waals surface area contributed by atoms with Crippen LogP contribution in [0.25, 0.3) is 0 Å². The highest BCUT2D eigenvalue weighted by atomic mass is 35.5. The lowest BCUT2D eigenvalue weighted by Crippen LogP contribution is -2.12. The maximum atomic E-state index is 6.22. The van der Waals surface area contributed by atoms with Crippen molar-refractivity contribution in [1.29, 1.82) is 0 Å². The lowest BCUT2D eigenvalue weighted by Gasteiger charge is -2.14. The maximum Gasteiger partial charge on any atom is 0.137 e. The van der Waals surface area contributed by atoms with E-state index < -0.39 is 0 Å². The van der Waals surface area contributed by atoms with E-state index in [1.807, 2.05) is 30.3 Å². The van der Waals surface area contributed by atoms with Crippen molar-refractivity contribution in [1.82, 2.24) is 0 Å². The van der Waals surface area contributed by atoms with Crippen LogP contribution in [0.5, 0.6) is 5.75 Å². The topological polar surface area (TPSA) is 30.8 Å². The number of oxime groups is 1. The van der Waals surface area contributed by atoms with E-state index in [2.05, 4.69) is 18.1 Å². The van der Waals surface area contributed by atoms with Gasteiger partial charge in [-0.1, -0.05) is 66.0 Å². The summed E-state index contributed by atoms with van der Waals surface area (Å²) < 4.78 is 6.01. The maximum absolute atomic E-state index is 6.22. The molecule has 2 aromatic carbocycles. The molecule has 0 saturated heterocycles. The lowest BCUT2D eigenvalue weighted by molar-refractivity contribution is 0.0852. The van der Waals surface area contributed by atoms with Gasteiger partial charge >= 0.3 is 0 Å². The molecule has 0 spiro atoms. The SMILES string of the molecule is CCCC1=NOC(Cc2ccccc2OCc2ccc(Cl)cc2Cl)C1. The van der Waals surface area contributed by atoms with Crippen molar-refractivity contribution in [2.45, 2.75) is 45.3 Å². The summed E-state index contributed by atoms with van der Waals surface area (Å²) in [6.45, 7) is 2.55. The Morgan fingerprint density at radius 1 is 1.16 bits per heavy atom. The minimum Gasteiger partial charge on any atom is -0.489 e. The van der Waals surface area contributed by atoms with Gasteiger partial charge in [0.05, 0.1) is 5.71 Å². The van der Waals surface area contributed by atoms with Gasteiger partial charge in [0.15, 0.2) is 0 Å². The number of rotatable bonds is 7. The Balaban J connectivity index is 1.63. The first-order valence-corrected chi connectivity index (χ1v) is 9.27. The van der Waals surface area contributed by atoms with Crippen LogP contribution in [0.2, 0.25) is 10.0 Å². The number of hydrogen-bond donors (Lipinski definition) is 0. The summed E-state index contributed by atoms with van der Waals surface area (Å²) in [6.07, 6.45) is 3.86. The van der Waals surface area contributed by atoms with Crippen LogP contribution < -0.4 is 4.74 Å². The van der Waals surface area contributed by atoms with Gasteiger partial charge in [-0.3, -0.25) is 0 Å². The molecule has 1 atom stereocenters. The van der Waals surface area contributed by atoms with Crippen LogP contribution in [0.4, 0.5) is 0 Å². The largest absolute Gasteiger partial charge is 0.489 e. The Labute approximate surface area is 158 Å². The zero-order valence-corrected chi connectivity index (χ0v) is 15.7. The summed E-state index contributed by atoms with van der Waals surface area (Å²) in [5, 5.41) is 5.43. The molecule has 132 valence electrons. The first-order chi connectivity index (χ1) is 12.2. The summed E-state index contributed by atoms with van der Waals surface area (Å²) in [4.78, 5) is 5.57. The Morgan fingerprint density at radius 2 is 2.00 bits per heavy atom. The van der Waals surface area contributed by atoms with Crippen LogP contribution in [0.15, 0.2) is 47.6 Å². The summed E-state index contributed by atoms with van der Waals surface area (Å²) in [5.74, 6) is 0.848. The van der Waals surface area contributed by atoms with Crippen molar-refractivity contribution in [2.24, 2.45) is 5.16 Å². The molecule has 25 heavy (non-hydrogen) atoms. The fourth-order valence-corrected chi connectivity index (χ4v) is 3.35. The average molecular weight is 378 g/mol. The molecule has 0 bridgehead atoms. The van der Waals surface area contributed by atoms with E-state index in [9.17, 15) is 0 Å². The molecule has 0 aliphatic carbocycles. The van der Waals surface area contributed by atoms with Gasteiger partial charge in [-0.05, 0) is 30.2 Å². The zero-order chi connectivity index (χ0) is 17.6. The van der Waals surface area contributed by atoms with Crippen LogP contribution >= 0.6 is 23.2 Å². The quantitative estimate of drug-likeness (QED) is 0.586. The Hall–Kier alpha value is -1.71. The number of ether oxygens (including phenoxy) is 1. The summed E-state index contributed by atoms with van der Waals surface area (Å²) in [6, 6.07) is 13.5. The predicted octanol–water partition coefficient (Wildman–Crippen LogP) is 6.06. The van der Waals surface area contributed by atoms with Gasteiger partial charge in [0.25, 0.3) is 0 Å². The van der Waals surface area contributed by atoms with E-state index in [0.717, 1.165) is 48.3 Å². The molecule has 1 aliphatic rings. The van der Waals surface area contributed by atoms with Crippen molar-refractivity contribution < 1.29 is 9.57 Å². The van der Waals surface area contributed by atoms with Gasteiger partial charge < -0.3 is 9.57 Å². The molecule has 0 aromatic heterocycles. The third-order valence-corrected chi connectivity index (χ3v) is 4.74. The molecule has 5 heteroatoms. The molecule has 3 nitrogen and oxygen atoms in total. The normalized spacial score (nSPS) is 16.4. The van der Waals surface area contributed by atoms with Crippen molar-refractivity contribution in [2.75, 3.05) is 0 Å². The van der Waals surface area contributed by atoms with E-state index in [0.29, 0.717) is 16.7 Å². The van der Waals surface area contributed by atoms with E-state index in [4.69, 9.17) is 32.8 Å². The average Bonchev–Trinajstić information content (AvgIpc) is 3.03. The van der Waals surface area contributed by atoms with Gasteiger partial charge in [0.2, 0.25) is 0 Å². The molecular formula is C20H21Cl2NO2. The highest BCUT2D eigenvalue weighted by molar-refractivity contribution is 6.35. The van der Waals surface area contributed by atoms with E-state index in [-0.39, 0.29) is 6.10 Å². The molecule has 0 saturated carbocycles. The second-order valence-corrected chi connectivity index (χ2v) is 7.02. The summed E-state index contributed by atoms with van der Waals surface area (Å²) in [7, 11) is 0. The lowest BCUT2D eigenvalue weighted by atomic mass is 10.0. The molecule has 3 rings (SSSR count). The summed E-state index contributed by atoms with van der Waals surface area (Å²) >= 11 is 12.2. The highest BCUT2D eigenvalue weighted by Gasteiger charge is 2.22. The molecule has 0 N–H and O–H groups in total. The predicted molar refractivity (Wildman–Crippen MR) is 103 cm³/mol. The molecule has 1 heterocycles. The first kappa shape index (κ1) is 18.1. The highest BCUT2D eigenvalue weighted by Crippen LogP contribution is 2.27. The fourth-order valence-electron chi connectivity index (χ4n) is 2.88. The smallest absolute Gasteiger partial charge is 0.137 e. The number of benzene rings is 2. The third-order valence-electron chi connectivity index (χ3n) is 4.15. The van der Waals surface area contributed by atoms with Crippen LogP contribution in [0, 0.1) is 0 Å². The van der Waals surface area contributed by atoms with Crippen molar-refractivity contribution in [3.63, 3.8) is 0 Å². The number of para-hydroxylation sites is 1. The van der Waals surface area contributed by atoms with Crippen LogP contribution in [-0.2, 0) is 17.9 Å². The van der Waals surface area contributed by atoms with Gasteiger partial charge in [-0.2, -0.15) is 0 Å². The minimum absolute atomic E-state index is 0.0884. The van der Waals surface area contributed by atoms with Crippen LogP contribution in [0.3, 0.4) is 0 Å². The zero-order valence-electron chi connectivity index (χ0n) is 14.2. The minimum atomic E-state index is 0.0884. The van der Waals surface area contributed by atoms with E-state index >= 15 is 0 Å². The number of hydrogen-bond acceptors (Lipinski definition) is 3. The standard InChI is InChI=1S/C20H21Cl2NO2/c1-2-5-17-12-18(25-23-17)10-14-6-3-4-7-20(14)24-13-15-8-9-16(21)11-19(15)22/h3-4,6-9,11,18H,2,5,10,12-13H2,1H3. The van der Waals surface area contributed by atoms with Crippen molar-refractivity contribution in [3.8, 4) is 5.75 Å². The van der Waals surface area contributed by atoms with Crippen molar-refractivity contribution >= 4 is 28.9 Å². The fraction of sp³-hybridized carbons (Fsp3) is 0.350. The van der Waals surface area contributed by atoms with E-state index in [1.165, 1.54) is 0 Å². The monoisotopic (exact) mass is 377 g/mol. The third kappa shape index (κ3) is 4.90. The van der Waals surface area contributed by atoms with Crippen molar-refractivity contribution in [3.05, 3.63) is 63.6 Å². The molecule has 0 radical (unpaired) electrons. The molecule has 0 amide bonds. The second-order valence-electron chi connectivity index (χ2n) is 6.18. The van der Waals surface area contributed by atoms with Gasteiger partial charge in [0, 0.05) is 28.5 Å². The molecule has 1 aliphatic heterocycles. The summed E-state index contributed by atoms with van der Waals surface area (Å²) in [5.41, 5.74) is 3.18. The Kier molecular flexibility index (Phi) is 6.22. The van der Waals surface area contributed by atoms with Crippen LogP contribution in [-0.4, -0.2) is 11.8 Å². The molecular weight excluding hydrogens is 357 g/mol. The van der Waals surface area contributed by atoms with E-state index in [1.54, 1.807) is 6.07 Å². The van der Waals surface area contributed by atoms with Gasteiger partial charge in [-0.15, -0.1) is 0 Å².